The monoisotopic (exact) mass is 738 g/mol. The summed E-state index contributed by atoms with van der Waals surface area (Å²) in [6, 6.07) is 10.5. The van der Waals surface area contributed by atoms with Gasteiger partial charge in [0.1, 0.15) is 29.4 Å². The zero-order valence-corrected chi connectivity index (χ0v) is 32.0. The SMILES string of the molecule is CCCN(Cc1ncc(-c2ccc3cc(C#Cc4cnc([C@@H]5CCCN5C(=O)[C@@H](NC(=O)OC)C(C)C)[nH]4)ccc3c2)[nH]1)C(=O)[C@@H](NC(=O)OC)C(C)C. The molecule has 2 aromatic heterocycles. The molecule has 14 heteroatoms. The van der Waals surface area contributed by atoms with E-state index in [0.717, 1.165) is 46.9 Å². The van der Waals surface area contributed by atoms with E-state index >= 15 is 0 Å². The molecule has 3 heterocycles. The van der Waals surface area contributed by atoms with Crippen molar-refractivity contribution in [3.8, 4) is 23.1 Å². The van der Waals surface area contributed by atoms with Crippen molar-refractivity contribution < 1.29 is 28.7 Å². The zero-order chi connectivity index (χ0) is 38.9. The van der Waals surface area contributed by atoms with Gasteiger partial charge < -0.3 is 39.9 Å². The number of fused-ring (bicyclic) bond motifs is 1. The number of alkyl carbamates (subject to hydrolysis) is 2. The number of H-pyrrole nitrogens is 2. The van der Waals surface area contributed by atoms with E-state index in [1.54, 1.807) is 22.2 Å². The highest BCUT2D eigenvalue weighted by Crippen LogP contribution is 2.31. The van der Waals surface area contributed by atoms with Crippen LogP contribution >= 0.6 is 0 Å². The summed E-state index contributed by atoms with van der Waals surface area (Å²) >= 11 is 0. The predicted molar refractivity (Wildman–Crippen MR) is 204 cm³/mol. The minimum atomic E-state index is -0.715. The Morgan fingerprint density at radius 2 is 1.59 bits per heavy atom. The molecule has 4 amide bonds. The molecule has 5 rings (SSSR count). The van der Waals surface area contributed by atoms with Crippen molar-refractivity contribution in [3.05, 3.63) is 71.7 Å². The Morgan fingerprint density at radius 1 is 0.907 bits per heavy atom. The number of hydrogen-bond acceptors (Lipinski definition) is 8. The van der Waals surface area contributed by atoms with Gasteiger partial charge in [-0.2, -0.15) is 0 Å². The maximum absolute atomic E-state index is 13.5. The molecule has 0 bridgehead atoms. The minimum Gasteiger partial charge on any atom is -0.453 e. The van der Waals surface area contributed by atoms with Crippen molar-refractivity contribution >= 4 is 34.8 Å². The molecular formula is C40H50N8O6. The van der Waals surface area contributed by atoms with E-state index in [-0.39, 0.29) is 36.2 Å². The van der Waals surface area contributed by atoms with Crippen LogP contribution in [0.5, 0.6) is 0 Å². The summed E-state index contributed by atoms with van der Waals surface area (Å²) in [5, 5.41) is 7.39. The third kappa shape index (κ3) is 9.38. The van der Waals surface area contributed by atoms with Crippen LogP contribution in [0.25, 0.3) is 22.0 Å². The average molecular weight is 739 g/mol. The van der Waals surface area contributed by atoms with Gasteiger partial charge in [-0.25, -0.2) is 19.6 Å². The van der Waals surface area contributed by atoms with Gasteiger partial charge >= 0.3 is 12.2 Å². The van der Waals surface area contributed by atoms with Crippen LogP contribution in [-0.2, 0) is 25.6 Å². The molecule has 2 aromatic carbocycles. The summed E-state index contributed by atoms with van der Waals surface area (Å²) in [7, 11) is 2.56. The Hall–Kier alpha value is -5.84. The van der Waals surface area contributed by atoms with Crippen LogP contribution in [0.1, 0.15) is 82.8 Å². The topological polar surface area (TPSA) is 175 Å². The Bertz CT molecular complexity index is 2020. The summed E-state index contributed by atoms with van der Waals surface area (Å²) in [5.74, 6) is 7.12. The Balaban J connectivity index is 1.26. The largest absolute Gasteiger partial charge is 0.453 e. The van der Waals surface area contributed by atoms with Gasteiger partial charge in [-0.3, -0.25) is 9.59 Å². The molecule has 54 heavy (non-hydrogen) atoms. The number of likely N-dealkylation sites (tertiary alicyclic amines) is 1. The molecule has 4 aromatic rings. The lowest BCUT2D eigenvalue weighted by Crippen LogP contribution is -2.51. The average Bonchev–Trinajstić information content (AvgIpc) is 3.95. The standard InChI is InChI=1S/C40H50N8O6/c1-8-17-47(37(49)34(24(2)3)45-39(51)53-6)23-33-41-22-31(44-33)29-15-14-27-19-26(11-13-28(27)20-29)12-16-30-21-42-36(43-30)32-10-9-18-48(32)38(50)35(25(4)5)46-40(52)54-7/h11,13-15,19-22,24-25,32,34-35H,8-10,17-18,23H2,1-7H3,(H,41,44)(H,42,43)(H,45,51)(H,46,52)/t32-,34-,35-/m0/s1. The quantitative estimate of drug-likeness (QED) is 0.138. The van der Waals surface area contributed by atoms with Gasteiger partial charge in [0.25, 0.3) is 0 Å². The van der Waals surface area contributed by atoms with Crippen molar-refractivity contribution in [1.82, 2.24) is 40.4 Å². The number of imidazole rings is 2. The third-order valence-electron chi connectivity index (χ3n) is 9.50. The second-order valence-corrected chi connectivity index (χ2v) is 14.1. The first-order chi connectivity index (χ1) is 25.9. The fraction of sp³-hybridized carbons (Fsp3) is 0.450. The van der Waals surface area contributed by atoms with Gasteiger partial charge in [0.05, 0.1) is 44.9 Å². The Morgan fingerprint density at radius 3 is 2.28 bits per heavy atom. The van der Waals surface area contributed by atoms with Crippen molar-refractivity contribution in [1.29, 1.82) is 0 Å². The fourth-order valence-electron chi connectivity index (χ4n) is 6.60. The van der Waals surface area contributed by atoms with Crippen LogP contribution in [-0.4, -0.2) is 93.1 Å². The van der Waals surface area contributed by atoms with Gasteiger partial charge in [0.2, 0.25) is 11.8 Å². The van der Waals surface area contributed by atoms with Crippen molar-refractivity contribution in [3.63, 3.8) is 0 Å². The van der Waals surface area contributed by atoms with E-state index in [0.29, 0.717) is 30.4 Å². The number of methoxy groups -OCH3 is 2. The highest BCUT2D eigenvalue weighted by atomic mass is 16.5. The Labute approximate surface area is 315 Å². The van der Waals surface area contributed by atoms with E-state index in [2.05, 4.69) is 48.5 Å². The molecule has 0 spiro atoms. The molecule has 0 unspecified atom stereocenters. The molecule has 0 aliphatic carbocycles. The highest BCUT2D eigenvalue weighted by Gasteiger charge is 2.37. The van der Waals surface area contributed by atoms with Crippen LogP contribution in [0.4, 0.5) is 9.59 Å². The number of benzene rings is 2. The number of hydrogen-bond donors (Lipinski definition) is 4. The van der Waals surface area contributed by atoms with Crippen molar-refractivity contribution in [2.75, 3.05) is 27.3 Å². The van der Waals surface area contributed by atoms with Crippen LogP contribution in [0.15, 0.2) is 48.8 Å². The molecule has 1 fully saturated rings. The number of amides is 4. The molecular weight excluding hydrogens is 688 g/mol. The fourth-order valence-corrected chi connectivity index (χ4v) is 6.60. The smallest absolute Gasteiger partial charge is 0.407 e. The molecule has 0 saturated carbocycles. The number of rotatable bonds is 12. The van der Waals surface area contributed by atoms with Crippen molar-refractivity contribution in [2.45, 2.75) is 78.6 Å². The first-order valence-electron chi connectivity index (χ1n) is 18.4. The molecule has 0 radical (unpaired) electrons. The van der Waals surface area contributed by atoms with Gasteiger partial charge in [-0.1, -0.05) is 58.7 Å². The number of aromatic amines is 2. The number of nitrogens with zero attached hydrogens (tertiary/aromatic N) is 4. The maximum atomic E-state index is 13.5. The molecule has 14 nitrogen and oxygen atoms in total. The summed E-state index contributed by atoms with van der Waals surface area (Å²) in [6.45, 7) is 10.9. The number of carbonyl (C=O) groups excluding carboxylic acids is 4. The normalized spacial score (nSPS) is 15.1. The van der Waals surface area contributed by atoms with E-state index in [1.807, 2.05) is 65.0 Å². The number of nitrogens with one attached hydrogen (secondary N) is 4. The summed E-state index contributed by atoms with van der Waals surface area (Å²) in [4.78, 5) is 70.0. The van der Waals surface area contributed by atoms with Gasteiger partial charge in [0, 0.05) is 24.2 Å². The van der Waals surface area contributed by atoms with Crippen LogP contribution in [0.3, 0.4) is 0 Å². The molecule has 4 N–H and O–H groups in total. The summed E-state index contributed by atoms with van der Waals surface area (Å²) < 4.78 is 9.47. The van der Waals surface area contributed by atoms with Gasteiger partial charge in [-0.15, -0.1) is 0 Å². The maximum Gasteiger partial charge on any atom is 0.407 e. The second kappa shape index (κ2) is 17.8. The van der Waals surface area contributed by atoms with Crippen molar-refractivity contribution in [2.24, 2.45) is 11.8 Å². The Kier molecular flexibility index (Phi) is 13.0. The minimum absolute atomic E-state index is 0.115. The lowest BCUT2D eigenvalue weighted by atomic mass is 10.0. The molecule has 1 aliphatic rings. The first kappa shape index (κ1) is 39.4. The van der Waals surface area contributed by atoms with Crippen LogP contribution < -0.4 is 10.6 Å². The van der Waals surface area contributed by atoms with E-state index in [4.69, 9.17) is 9.47 Å². The molecule has 1 saturated heterocycles. The summed E-state index contributed by atoms with van der Waals surface area (Å²) in [5.41, 5.74) is 3.25. The highest BCUT2D eigenvalue weighted by molar-refractivity contribution is 5.88. The van der Waals surface area contributed by atoms with Gasteiger partial charge in [-0.05, 0) is 66.0 Å². The third-order valence-corrected chi connectivity index (χ3v) is 9.50. The lowest BCUT2D eigenvalue weighted by Gasteiger charge is -2.29. The first-order valence-corrected chi connectivity index (χ1v) is 18.4. The molecule has 286 valence electrons. The number of carbonyl (C=O) groups is 4. The molecule has 1 aliphatic heterocycles. The van der Waals surface area contributed by atoms with E-state index in [9.17, 15) is 19.2 Å². The second-order valence-electron chi connectivity index (χ2n) is 14.1. The zero-order valence-electron chi connectivity index (χ0n) is 32.0. The van der Waals surface area contributed by atoms with Crippen LogP contribution in [0.2, 0.25) is 0 Å². The van der Waals surface area contributed by atoms with E-state index < -0.39 is 24.3 Å². The van der Waals surface area contributed by atoms with E-state index in [1.165, 1.54) is 14.2 Å². The number of ether oxygens (including phenoxy) is 2. The van der Waals surface area contributed by atoms with Gasteiger partial charge in [0.15, 0.2) is 0 Å². The predicted octanol–water partition coefficient (Wildman–Crippen LogP) is 5.52. The summed E-state index contributed by atoms with van der Waals surface area (Å²) in [6.07, 6.45) is 4.51. The van der Waals surface area contributed by atoms with Crippen LogP contribution in [0, 0.1) is 23.7 Å². The molecule has 3 atom stereocenters. The number of aromatic nitrogens is 4. The lowest BCUT2D eigenvalue weighted by molar-refractivity contribution is -0.136.